The third-order valence-corrected chi connectivity index (χ3v) is 4.85. The van der Waals surface area contributed by atoms with Gasteiger partial charge in [0.05, 0.1) is 17.6 Å². The van der Waals surface area contributed by atoms with Gasteiger partial charge in [-0.2, -0.15) is 15.1 Å². The summed E-state index contributed by atoms with van der Waals surface area (Å²) in [6, 6.07) is 2.49. The SMILES string of the molecule is CC1c2ccsc2CCN1c1nc(N)nc2[nH]ncc12. The first kappa shape index (κ1) is 11.7. The van der Waals surface area contributed by atoms with Crippen LogP contribution < -0.4 is 10.6 Å². The van der Waals surface area contributed by atoms with Crippen molar-refractivity contribution in [2.75, 3.05) is 17.2 Å². The molecule has 102 valence electrons. The lowest BCUT2D eigenvalue weighted by Crippen LogP contribution is -2.34. The Bertz CT molecular complexity index is 776. The van der Waals surface area contributed by atoms with E-state index in [-0.39, 0.29) is 12.0 Å². The van der Waals surface area contributed by atoms with E-state index in [9.17, 15) is 0 Å². The molecule has 0 bridgehead atoms. The fourth-order valence-corrected chi connectivity index (χ4v) is 3.82. The lowest BCUT2D eigenvalue weighted by molar-refractivity contribution is 0.627. The maximum Gasteiger partial charge on any atom is 0.224 e. The summed E-state index contributed by atoms with van der Waals surface area (Å²) in [7, 11) is 0. The Morgan fingerprint density at radius 1 is 1.45 bits per heavy atom. The Labute approximate surface area is 119 Å². The Morgan fingerprint density at radius 2 is 2.35 bits per heavy atom. The van der Waals surface area contributed by atoms with Crippen LogP contribution in [0.4, 0.5) is 11.8 Å². The number of aromatic nitrogens is 4. The number of nitrogens with zero attached hydrogens (tertiary/aromatic N) is 4. The molecule has 3 aromatic rings. The predicted molar refractivity (Wildman–Crippen MR) is 79.9 cm³/mol. The Hall–Kier alpha value is -2.15. The predicted octanol–water partition coefficient (Wildman–Crippen LogP) is 2.12. The van der Waals surface area contributed by atoms with Crippen molar-refractivity contribution in [1.82, 2.24) is 20.2 Å². The number of nitrogens with two attached hydrogens (primary N) is 1. The van der Waals surface area contributed by atoms with Gasteiger partial charge in [0.1, 0.15) is 5.82 Å². The van der Waals surface area contributed by atoms with Crippen LogP contribution in [0.15, 0.2) is 17.6 Å². The molecule has 1 aliphatic heterocycles. The van der Waals surface area contributed by atoms with E-state index < -0.39 is 0 Å². The third-order valence-electron chi connectivity index (χ3n) is 3.86. The second kappa shape index (κ2) is 4.17. The average Bonchev–Trinajstić information content (AvgIpc) is 3.06. The minimum atomic E-state index is 0.278. The maximum absolute atomic E-state index is 5.82. The maximum atomic E-state index is 5.82. The number of hydrogen-bond donors (Lipinski definition) is 2. The number of hydrogen-bond acceptors (Lipinski definition) is 6. The molecule has 4 heterocycles. The van der Waals surface area contributed by atoms with Gasteiger partial charge in [-0.05, 0) is 30.4 Å². The lowest BCUT2D eigenvalue weighted by Gasteiger charge is -2.34. The number of thiophene rings is 1. The zero-order valence-corrected chi connectivity index (χ0v) is 11.8. The molecule has 6 nitrogen and oxygen atoms in total. The molecule has 0 spiro atoms. The first-order valence-corrected chi connectivity index (χ1v) is 7.41. The molecule has 0 radical (unpaired) electrons. The molecule has 0 saturated heterocycles. The van der Waals surface area contributed by atoms with Crippen molar-refractivity contribution in [2.45, 2.75) is 19.4 Å². The molecular formula is C13H14N6S. The van der Waals surface area contributed by atoms with E-state index in [4.69, 9.17) is 5.73 Å². The van der Waals surface area contributed by atoms with E-state index in [1.54, 1.807) is 6.20 Å². The molecule has 1 aliphatic rings. The van der Waals surface area contributed by atoms with Crippen molar-refractivity contribution in [1.29, 1.82) is 0 Å². The van der Waals surface area contributed by atoms with Gasteiger partial charge in [0.15, 0.2) is 5.65 Å². The van der Waals surface area contributed by atoms with E-state index in [2.05, 4.69) is 43.4 Å². The number of nitrogens with one attached hydrogen (secondary N) is 1. The van der Waals surface area contributed by atoms with Crippen LogP contribution in [0.1, 0.15) is 23.4 Å². The van der Waals surface area contributed by atoms with Gasteiger partial charge in [-0.15, -0.1) is 11.3 Å². The molecule has 0 amide bonds. The van der Waals surface area contributed by atoms with E-state index in [0.717, 1.165) is 24.2 Å². The number of fused-ring (bicyclic) bond motifs is 2. The third kappa shape index (κ3) is 1.59. The molecule has 0 fully saturated rings. The van der Waals surface area contributed by atoms with Crippen molar-refractivity contribution < 1.29 is 0 Å². The summed E-state index contributed by atoms with van der Waals surface area (Å²) in [5, 5.41) is 9.99. The summed E-state index contributed by atoms with van der Waals surface area (Å²) in [4.78, 5) is 12.4. The molecule has 3 N–H and O–H groups in total. The summed E-state index contributed by atoms with van der Waals surface area (Å²) in [5.41, 5.74) is 7.89. The summed E-state index contributed by atoms with van der Waals surface area (Å²) < 4.78 is 0. The van der Waals surface area contributed by atoms with E-state index in [1.807, 2.05) is 11.3 Å². The largest absolute Gasteiger partial charge is 0.368 e. The Morgan fingerprint density at radius 3 is 3.25 bits per heavy atom. The minimum Gasteiger partial charge on any atom is -0.368 e. The number of H-pyrrole nitrogens is 1. The fraction of sp³-hybridized carbons (Fsp3) is 0.308. The molecule has 4 rings (SSSR count). The molecule has 1 atom stereocenters. The zero-order valence-electron chi connectivity index (χ0n) is 11.0. The van der Waals surface area contributed by atoms with Gasteiger partial charge in [-0.25, -0.2) is 0 Å². The van der Waals surface area contributed by atoms with Gasteiger partial charge in [-0.3, -0.25) is 5.10 Å². The van der Waals surface area contributed by atoms with Gasteiger partial charge in [0, 0.05) is 11.4 Å². The van der Waals surface area contributed by atoms with Gasteiger partial charge in [-0.1, -0.05) is 0 Å². The van der Waals surface area contributed by atoms with Crippen LogP contribution in [0.5, 0.6) is 0 Å². The number of anilines is 2. The van der Waals surface area contributed by atoms with E-state index in [1.165, 1.54) is 10.4 Å². The topological polar surface area (TPSA) is 83.7 Å². The van der Waals surface area contributed by atoms with Crippen LogP contribution in [-0.4, -0.2) is 26.7 Å². The van der Waals surface area contributed by atoms with Gasteiger partial charge in [0.25, 0.3) is 0 Å². The summed E-state index contributed by atoms with van der Waals surface area (Å²) in [6.07, 6.45) is 2.81. The molecule has 0 aliphatic carbocycles. The van der Waals surface area contributed by atoms with Crippen molar-refractivity contribution in [3.05, 3.63) is 28.1 Å². The van der Waals surface area contributed by atoms with Crippen LogP contribution in [0.25, 0.3) is 11.0 Å². The second-order valence-corrected chi connectivity index (χ2v) is 5.96. The summed E-state index contributed by atoms with van der Waals surface area (Å²) in [6.45, 7) is 3.14. The highest BCUT2D eigenvalue weighted by atomic mass is 32.1. The summed E-state index contributed by atoms with van der Waals surface area (Å²) in [5.74, 6) is 1.14. The molecular weight excluding hydrogens is 272 g/mol. The van der Waals surface area contributed by atoms with Crippen LogP contribution in [0, 0.1) is 0 Å². The highest BCUT2D eigenvalue weighted by Gasteiger charge is 2.27. The number of rotatable bonds is 1. The quantitative estimate of drug-likeness (QED) is 0.716. The molecule has 0 aromatic carbocycles. The zero-order chi connectivity index (χ0) is 13.7. The second-order valence-electron chi connectivity index (χ2n) is 4.96. The van der Waals surface area contributed by atoms with Crippen molar-refractivity contribution >= 4 is 34.1 Å². The molecule has 1 unspecified atom stereocenters. The Balaban J connectivity index is 1.86. The van der Waals surface area contributed by atoms with Gasteiger partial charge >= 0.3 is 0 Å². The van der Waals surface area contributed by atoms with Crippen molar-refractivity contribution in [3.8, 4) is 0 Å². The standard InChI is InChI=1S/C13H14N6S/c1-7-8-3-5-20-10(8)2-4-19(7)12-9-6-15-18-11(9)16-13(14)17-12/h3,5-7H,2,4H2,1H3,(H3,14,15,16,17,18). The lowest BCUT2D eigenvalue weighted by atomic mass is 10.0. The number of aromatic amines is 1. The first-order valence-electron chi connectivity index (χ1n) is 6.53. The van der Waals surface area contributed by atoms with Crippen LogP contribution in [0.2, 0.25) is 0 Å². The number of nitrogen functional groups attached to an aromatic ring is 1. The van der Waals surface area contributed by atoms with Crippen LogP contribution in [-0.2, 0) is 6.42 Å². The highest BCUT2D eigenvalue weighted by molar-refractivity contribution is 7.10. The summed E-state index contributed by atoms with van der Waals surface area (Å²) >= 11 is 1.83. The highest BCUT2D eigenvalue weighted by Crippen LogP contribution is 2.37. The molecule has 3 aromatic heterocycles. The van der Waals surface area contributed by atoms with Gasteiger partial charge in [0.2, 0.25) is 5.95 Å². The minimum absolute atomic E-state index is 0.278. The fourth-order valence-electron chi connectivity index (χ4n) is 2.85. The van der Waals surface area contributed by atoms with E-state index in [0.29, 0.717) is 5.65 Å². The molecule has 20 heavy (non-hydrogen) atoms. The normalized spacial score (nSPS) is 18.4. The smallest absolute Gasteiger partial charge is 0.224 e. The van der Waals surface area contributed by atoms with E-state index >= 15 is 0 Å². The molecule has 0 saturated carbocycles. The van der Waals surface area contributed by atoms with Crippen LogP contribution >= 0.6 is 11.3 Å². The van der Waals surface area contributed by atoms with Gasteiger partial charge < -0.3 is 10.6 Å². The van der Waals surface area contributed by atoms with Crippen molar-refractivity contribution in [2.24, 2.45) is 0 Å². The van der Waals surface area contributed by atoms with Crippen LogP contribution in [0.3, 0.4) is 0 Å². The first-order chi connectivity index (χ1) is 9.74. The monoisotopic (exact) mass is 286 g/mol. The average molecular weight is 286 g/mol. The van der Waals surface area contributed by atoms with Crippen molar-refractivity contribution in [3.63, 3.8) is 0 Å². The Kier molecular flexibility index (Phi) is 2.43. The molecule has 7 heteroatoms.